The van der Waals surface area contributed by atoms with Gasteiger partial charge in [0.15, 0.2) is 0 Å². The van der Waals surface area contributed by atoms with E-state index in [1.54, 1.807) is 11.1 Å². The molecular formula is C11H20N2O2. The van der Waals surface area contributed by atoms with Crippen LogP contribution in [-0.4, -0.2) is 35.7 Å². The summed E-state index contributed by atoms with van der Waals surface area (Å²) in [6, 6.07) is -0.133. The first kappa shape index (κ1) is 12.0. The van der Waals surface area contributed by atoms with Crippen molar-refractivity contribution in [3.8, 4) is 0 Å². The van der Waals surface area contributed by atoms with E-state index in [1.807, 2.05) is 13.8 Å². The fourth-order valence-electron chi connectivity index (χ4n) is 1.45. The maximum atomic E-state index is 11.6. The Balaban J connectivity index is 2.35. The second-order valence-corrected chi connectivity index (χ2v) is 3.92. The summed E-state index contributed by atoms with van der Waals surface area (Å²) in [4.78, 5) is 13.2. The summed E-state index contributed by atoms with van der Waals surface area (Å²) in [6.45, 7) is 4.95. The molecule has 1 rings (SSSR count). The standard InChI is InChI=1S/C11H20N2O2/c1-3-13(6-7-14)11(15)12-8-9(2)10-4-5-10/h8,10,14H,3-7H2,1-2H3,(H,12,15)/b9-8+. The summed E-state index contributed by atoms with van der Waals surface area (Å²) in [5, 5.41) is 11.5. The molecule has 1 aliphatic carbocycles. The predicted molar refractivity (Wildman–Crippen MR) is 59.3 cm³/mol. The van der Waals surface area contributed by atoms with Crippen LogP contribution in [0.2, 0.25) is 0 Å². The molecule has 0 atom stereocenters. The molecule has 0 unspecified atom stereocenters. The van der Waals surface area contributed by atoms with E-state index in [-0.39, 0.29) is 12.6 Å². The Morgan fingerprint density at radius 1 is 1.60 bits per heavy atom. The third kappa shape index (κ3) is 3.91. The molecule has 1 fully saturated rings. The summed E-state index contributed by atoms with van der Waals surface area (Å²) < 4.78 is 0. The Morgan fingerprint density at radius 2 is 2.27 bits per heavy atom. The van der Waals surface area contributed by atoms with Gasteiger partial charge in [0.05, 0.1) is 6.61 Å². The lowest BCUT2D eigenvalue weighted by atomic mass is 10.2. The first-order valence-corrected chi connectivity index (χ1v) is 5.52. The first-order valence-electron chi connectivity index (χ1n) is 5.52. The van der Waals surface area contributed by atoms with E-state index in [0.717, 1.165) is 0 Å². The Morgan fingerprint density at radius 3 is 2.73 bits per heavy atom. The third-order valence-electron chi connectivity index (χ3n) is 2.68. The minimum Gasteiger partial charge on any atom is -0.395 e. The van der Waals surface area contributed by atoms with Gasteiger partial charge in [-0.15, -0.1) is 0 Å². The minimum atomic E-state index is -0.133. The number of carbonyl (C=O) groups excluding carboxylic acids is 1. The fraction of sp³-hybridized carbons (Fsp3) is 0.727. The molecule has 4 nitrogen and oxygen atoms in total. The van der Waals surface area contributed by atoms with Crippen LogP contribution in [0.5, 0.6) is 0 Å². The highest BCUT2D eigenvalue weighted by Crippen LogP contribution is 2.35. The monoisotopic (exact) mass is 212 g/mol. The summed E-state index contributed by atoms with van der Waals surface area (Å²) in [7, 11) is 0. The summed E-state index contributed by atoms with van der Waals surface area (Å²) in [6.07, 6.45) is 4.28. The molecule has 0 heterocycles. The zero-order valence-electron chi connectivity index (χ0n) is 9.49. The average Bonchev–Trinajstić information content (AvgIpc) is 3.05. The molecule has 2 N–H and O–H groups in total. The number of hydrogen-bond donors (Lipinski definition) is 2. The van der Waals surface area contributed by atoms with E-state index < -0.39 is 0 Å². The third-order valence-corrected chi connectivity index (χ3v) is 2.68. The number of carbonyl (C=O) groups is 1. The van der Waals surface area contributed by atoms with Crippen LogP contribution < -0.4 is 5.32 Å². The lowest BCUT2D eigenvalue weighted by Crippen LogP contribution is -2.39. The Bertz CT molecular complexity index is 247. The lowest BCUT2D eigenvalue weighted by Gasteiger charge is -2.19. The molecular weight excluding hydrogens is 192 g/mol. The van der Waals surface area contributed by atoms with Crippen LogP contribution in [0.15, 0.2) is 11.8 Å². The van der Waals surface area contributed by atoms with Crippen LogP contribution in [0.4, 0.5) is 4.79 Å². The normalized spacial score (nSPS) is 16.3. The highest BCUT2D eigenvalue weighted by molar-refractivity contribution is 5.75. The molecule has 4 heteroatoms. The molecule has 15 heavy (non-hydrogen) atoms. The molecule has 0 bridgehead atoms. The van der Waals surface area contributed by atoms with Crippen molar-refractivity contribution in [1.29, 1.82) is 0 Å². The molecule has 1 saturated carbocycles. The molecule has 1 aliphatic rings. The van der Waals surface area contributed by atoms with Gasteiger partial charge in [0.25, 0.3) is 0 Å². The first-order chi connectivity index (χ1) is 7.19. The number of amides is 2. The number of rotatable bonds is 5. The van der Waals surface area contributed by atoms with Crippen molar-refractivity contribution in [1.82, 2.24) is 10.2 Å². The topological polar surface area (TPSA) is 52.6 Å². The van der Waals surface area contributed by atoms with E-state index >= 15 is 0 Å². The van der Waals surface area contributed by atoms with Crippen molar-refractivity contribution in [2.75, 3.05) is 19.7 Å². The molecule has 0 aliphatic heterocycles. The smallest absolute Gasteiger partial charge is 0.321 e. The van der Waals surface area contributed by atoms with Gasteiger partial charge >= 0.3 is 6.03 Å². The number of allylic oxidation sites excluding steroid dienone is 1. The van der Waals surface area contributed by atoms with Crippen molar-refractivity contribution in [2.45, 2.75) is 26.7 Å². The highest BCUT2D eigenvalue weighted by atomic mass is 16.3. The van der Waals surface area contributed by atoms with Crippen LogP contribution in [-0.2, 0) is 0 Å². The quantitative estimate of drug-likeness (QED) is 0.722. The Kier molecular flexibility index (Phi) is 4.62. The average molecular weight is 212 g/mol. The Hall–Kier alpha value is -1.03. The van der Waals surface area contributed by atoms with Gasteiger partial charge in [-0.3, -0.25) is 0 Å². The molecule has 0 aromatic rings. The van der Waals surface area contributed by atoms with E-state index in [2.05, 4.69) is 5.32 Å². The number of nitrogens with zero attached hydrogens (tertiary/aromatic N) is 1. The van der Waals surface area contributed by atoms with Crippen molar-refractivity contribution in [2.24, 2.45) is 5.92 Å². The highest BCUT2D eigenvalue weighted by Gasteiger charge is 2.23. The van der Waals surface area contributed by atoms with Gasteiger partial charge < -0.3 is 15.3 Å². The molecule has 2 amide bonds. The van der Waals surface area contributed by atoms with Crippen molar-refractivity contribution in [3.05, 3.63) is 11.8 Å². The Labute approximate surface area is 91.0 Å². The number of nitrogens with one attached hydrogen (secondary N) is 1. The zero-order valence-corrected chi connectivity index (χ0v) is 9.49. The van der Waals surface area contributed by atoms with Gasteiger partial charge in [-0.1, -0.05) is 5.57 Å². The maximum absolute atomic E-state index is 11.6. The number of aliphatic hydroxyl groups is 1. The molecule has 86 valence electrons. The van der Waals surface area contributed by atoms with E-state index in [0.29, 0.717) is 19.0 Å². The predicted octanol–water partition coefficient (Wildman–Crippen LogP) is 1.32. The van der Waals surface area contributed by atoms with Crippen molar-refractivity contribution >= 4 is 6.03 Å². The van der Waals surface area contributed by atoms with Crippen LogP contribution in [0.1, 0.15) is 26.7 Å². The van der Waals surface area contributed by atoms with Crippen molar-refractivity contribution < 1.29 is 9.90 Å². The van der Waals surface area contributed by atoms with Crippen molar-refractivity contribution in [3.63, 3.8) is 0 Å². The van der Waals surface area contributed by atoms with Crippen LogP contribution in [0.25, 0.3) is 0 Å². The summed E-state index contributed by atoms with van der Waals surface area (Å²) in [5.74, 6) is 0.679. The molecule has 0 aromatic heterocycles. The number of aliphatic hydroxyl groups excluding tert-OH is 1. The van der Waals surface area contributed by atoms with Gasteiger partial charge in [0.2, 0.25) is 0 Å². The lowest BCUT2D eigenvalue weighted by molar-refractivity contribution is 0.183. The van der Waals surface area contributed by atoms with Gasteiger partial charge in [-0.05, 0) is 32.6 Å². The number of likely N-dealkylation sites (N-methyl/N-ethyl adjacent to an activating group) is 1. The van der Waals surface area contributed by atoms with Gasteiger partial charge in [0, 0.05) is 19.3 Å². The summed E-state index contributed by atoms with van der Waals surface area (Å²) in [5.41, 5.74) is 1.24. The van der Waals surface area contributed by atoms with Crippen LogP contribution >= 0.6 is 0 Å². The van der Waals surface area contributed by atoms with Crippen LogP contribution in [0, 0.1) is 5.92 Å². The largest absolute Gasteiger partial charge is 0.395 e. The van der Waals surface area contributed by atoms with E-state index in [1.165, 1.54) is 18.4 Å². The van der Waals surface area contributed by atoms with E-state index in [4.69, 9.17) is 5.11 Å². The minimum absolute atomic E-state index is 0.00653. The second-order valence-electron chi connectivity index (χ2n) is 3.92. The fourth-order valence-corrected chi connectivity index (χ4v) is 1.45. The molecule has 0 radical (unpaired) electrons. The number of hydrogen-bond acceptors (Lipinski definition) is 2. The maximum Gasteiger partial charge on any atom is 0.321 e. The second kappa shape index (κ2) is 5.75. The van der Waals surface area contributed by atoms with Crippen LogP contribution in [0.3, 0.4) is 0 Å². The van der Waals surface area contributed by atoms with E-state index in [9.17, 15) is 4.79 Å². The zero-order chi connectivity index (χ0) is 11.3. The SMILES string of the molecule is CCN(CCO)C(=O)N/C=C(\C)C1CC1. The molecule has 0 spiro atoms. The number of urea groups is 1. The van der Waals surface area contributed by atoms with Gasteiger partial charge in [-0.2, -0.15) is 0 Å². The summed E-state index contributed by atoms with van der Waals surface area (Å²) >= 11 is 0. The van der Waals surface area contributed by atoms with Gasteiger partial charge in [0.1, 0.15) is 0 Å². The van der Waals surface area contributed by atoms with Gasteiger partial charge in [-0.25, -0.2) is 4.79 Å². The molecule has 0 aromatic carbocycles. The molecule has 0 saturated heterocycles.